The fraction of sp³-hybridized carbons (Fsp3) is 0.250. The molecular formula is C12H13N3O2S. The molecule has 0 unspecified atom stereocenters. The van der Waals surface area contributed by atoms with Crippen molar-refractivity contribution in [1.82, 2.24) is 9.97 Å². The summed E-state index contributed by atoms with van der Waals surface area (Å²) in [4.78, 5) is 20.5. The van der Waals surface area contributed by atoms with Gasteiger partial charge in [-0.15, -0.1) is 0 Å². The molecule has 0 amide bonds. The second-order valence-corrected chi connectivity index (χ2v) is 4.51. The van der Waals surface area contributed by atoms with Crippen LogP contribution >= 0.6 is 11.3 Å². The molecule has 94 valence electrons. The van der Waals surface area contributed by atoms with Crippen LogP contribution in [0.25, 0.3) is 0 Å². The lowest BCUT2D eigenvalue weighted by atomic mass is 10.3. The minimum atomic E-state index is -0.344. The monoisotopic (exact) mass is 263 g/mol. The van der Waals surface area contributed by atoms with E-state index in [1.54, 1.807) is 12.4 Å². The molecule has 18 heavy (non-hydrogen) atoms. The van der Waals surface area contributed by atoms with Gasteiger partial charge in [-0.2, -0.15) is 0 Å². The van der Waals surface area contributed by atoms with Crippen LogP contribution in [0.1, 0.15) is 22.3 Å². The maximum absolute atomic E-state index is 11.6. The minimum absolute atomic E-state index is 0.344. The molecule has 0 atom stereocenters. The van der Waals surface area contributed by atoms with Gasteiger partial charge in [-0.05, 0) is 18.6 Å². The van der Waals surface area contributed by atoms with Crippen LogP contribution in [0.4, 0.5) is 10.8 Å². The molecule has 2 rings (SSSR count). The van der Waals surface area contributed by atoms with Crippen LogP contribution in [0.5, 0.6) is 0 Å². The molecule has 2 aromatic rings. The summed E-state index contributed by atoms with van der Waals surface area (Å²) in [5.41, 5.74) is 1.59. The van der Waals surface area contributed by atoms with Crippen molar-refractivity contribution < 1.29 is 9.53 Å². The minimum Gasteiger partial charge on any atom is -0.465 e. The molecule has 0 saturated carbocycles. The number of esters is 1. The Labute approximate surface area is 109 Å². The molecule has 0 spiro atoms. The van der Waals surface area contributed by atoms with E-state index in [-0.39, 0.29) is 5.97 Å². The van der Waals surface area contributed by atoms with E-state index >= 15 is 0 Å². The number of thiazole rings is 1. The van der Waals surface area contributed by atoms with Crippen molar-refractivity contribution in [3.63, 3.8) is 0 Å². The topological polar surface area (TPSA) is 64.1 Å². The van der Waals surface area contributed by atoms with E-state index in [0.29, 0.717) is 16.4 Å². The first-order valence-corrected chi connectivity index (χ1v) is 6.31. The van der Waals surface area contributed by atoms with Gasteiger partial charge in [-0.25, -0.2) is 9.78 Å². The second-order valence-electron chi connectivity index (χ2n) is 3.51. The van der Waals surface area contributed by atoms with Gasteiger partial charge in [0.15, 0.2) is 5.13 Å². The first kappa shape index (κ1) is 12.5. The Bertz CT molecular complexity index is 540. The highest BCUT2D eigenvalue weighted by Gasteiger charge is 2.17. The molecule has 0 aromatic carbocycles. The number of ether oxygens (including phenoxy) is 1. The summed E-state index contributed by atoms with van der Waals surface area (Å²) in [5.74, 6) is -0.344. The number of carbonyl (C=O) groups excluding carboxylic acids is 1. The fourth-order valence-corrected chi connectivity index (χ4v) is 2.45. The maximum atomic E-state index is 11.6. The number of rotatable bonds is 4. The van der Waals surface area contributed by atoms with Crippen LogP contribution in [0.15, 0.2) is 24.5 Å². The molecule has 6 heteroatoms. The molecule has 1 N–H and O–H groups in total. The van der Waals surface area contributed by atoms with Gasteiger partial charge in [0.2, 0.25) is 0 Å². The fourth-order valence-electron chi connectivity index (χ4n) is 1.46. The van der Waals surface area contributed by atoms with Crippen LogP contribution in [-0.4, -0.2) is 23.0 Å². The molecular weight excluding hydrogens is 250 g/mol. The van der Waals surface area contributed by atoms with Crippen molar-refractivity contribution in [2.75, 3.05) is 12.4 Å². The van der Waals surface area contributed by atoms with E-state index in [0.717, 1.165) is 11.4 Å². The van der Waals surface area contributed by atoms with Crippen LogP contribution in [0, 0.1) is 0 Å². The van der Waals surface area contributed by atoms with Crippen molar-refractivity contribution in [3.05, 3.63) is 35.1 Å². The smallest absolute Gasteiger partial charge is 0.350 e. The molecule has 2 heterocycles. The number of anilines is 2. The summed E-state index contributed by atoms with van der Waals surface area (Å²) in [7, 11) is 1.37. The van der Waals surface area contributed by atoms with Gasteiger partial charge < -0.3 is 10.1 Å². The van der Waals surface area contributed by atoms with E-state index in [1.165, 1.54) is 18.4 Å². The lowest BCUT2D eigenvalue weighted by Crippen LogP contribution is -2.01. The van der Waals surface area contributed by atoms with Crippen LogP contribution in [0.2, 0.25) is 0 Å². The van der Waals surface area contributed by atoms with Crippen LogP contribution in [0.3, 0.4) is 0 Å². The van der Waals surface area contributed by atoms with E-state index in [4.69, 9.17) is 4.74 Å². The quantitative estimate of drug-likeness (QED) is 0.859. The molecule has 0 bridgehead atoms. The third-order valence-corrected chi connectivity index (χ3v) is 3.31. The number of carbonyl (C=O) groups is 1. The third kappa shape index (κ3) is 2.65. The first-order chi connectivity index (χ1) is 8.74. The molecule has 2 aromatic heterocycles. The summed E-state index contributed by atoms with van der Waals surface area (Å²) in [6, 6.07) is 3.72. The lowest BCUT2D eigenvalue weighted by Gasteiger charge is -1.99. The third-order valence-electron chi connectivity index (χ3n) is 2.32. The lowest BCUT2D eigenvalue weighted by molar-refractivity contribution is 0.0605. The van der Waals surface area contributed by atoms with Crippen LogP contribution < -0.4 is 5.32 Å². The van der Waals surface area contributed by atoms with Gasteiger partial charge in [0, 0.05) is 6.20 Å². The first-order valence-electron chi connectivity index (χ1n) is 5.49. The summed E-state index contributed by atoms with van der Waals surface area (Å²) < 4.78 is 4.73. The van der Waals surface area contributed by atoms with Gasteiger partial charge >= 0.3 is 5.97 Å². The highest BCUT2D eigenvalue weighted by Crippen LogP contribution is 2.26. The second kappa shape index (κ2) is 5.59. The summed E-state index contributed by atoms with van der Waals surface area (Å²) in [6.45, 7) is 1.95. The van der Waals surface area contributed by atoms with Crippen molar-refractivity contribution >= 4 is 28.1 Å². The Morgan fingerprint density at radius 1 is 1.56 bits per heavy atom. The zero-order valence-corrected chi connectivity index (χ0v) is 11.0. The average Bonchev–Trinajstić information content (AvgIpc) is 2.82. The average molecular weight is 263 g/mol. The number of hydrogen-bond acceptors (Lipinski definition) is 6. The molecule has 0 aliphatic rings. The molecule has 0 saturated heterocycles. The number of aryl methyl sites for hydroxylation is 1. The van der Waals surface area contributed by atoms with Crippen molar-refractivity contribution in [3.8, 4) is 0 Å². The molecule has 5 nitrogen and oxygen atoms in total. The Hall–Kier alpha value is -1.95. The van der Waals surface area contributed by atoms with Crippen molar-refractivity contribution in [2.45, 2.75) is 13.3 Å². The molecule has 0 radical (unpaired) electrons. The molecule has 0 fully saturated rings. The zero-order valence-electron chi connectivity index (χ0n) is 10.1. The number of nitrogens with one attached hydrogen (secondary N) is 1. The normalized spacial score (nSPS) is 10.1. The number of nitrogens with zero attached hydrogens (tertiary/aromatic N) is 2. The summed E-state index contributed by atoms with van der Waals surface area (Å²) >= 11 is 1.29. The predicted molar refractivity (Wildman–Crippen MR) is 70.4 cm³/mol. The predicted octanol–water partition coefficient (Wildman–Crippen LogP) is 2.63. The Balaban J connectivity index is 2.25. The van der Waals surface area contributed by atoms with Crippen molar-refractivity contribution in [2.24, 2.45) is 0 Å². The molecule has 0 aliphatic carbocycles. The van der Waals surface area contributed by atoms with Gasteiger partial charge in [0.1, 0.15) is 4.88 Å². The van der Waals surface area contributed by atoms with Gasteiger partial charge in [0.05, 0.1) is 24.7 Å². The van der Waals surface area contributed by atoms with Crippen LogP contribution in [-0.2, 0) is 11.2 Å². The van der Waals surface area contributed by atoms with E-state index in [2.05, 4.69) is 15.3 Å². The van der Waals surface area contributed by atoms with Gasteiger partial charge in [-0.3, -0.25) is 4.98 Å². The summed E-state index contributed by atoms with van der Waals surface area (Å²) in [6.07, 6.45) is 4.09. The van der Waals surface area contributed by atoms with Gasteiger partial charge in [0.25, 0.3) is 0 Å². The number of aromatic nitrogens is 2. The Morgan fingerprint density at radius 2 is 2.39 bits per heavy atom. The van der Waals surface area contributed by atoms with E-state index < -0.39 is 0 Å². The SMILES string of the molecule is CCc1nc(Nc2cccnc2)sc1C(=O)OC. The van der Waals surface area contributed by atoms with Crippen molar-refractivity contribution in [1.29, 1.82) is 0 Å². The Morgan fingerprint density at radius 3 is 3.00 bits per heavy atom. The number of hydrogen-bond donors (Lipinski definition) is 1. The highest BCUT2D eigenvalue weighted by molar-refractivity contribution is 7.17. The van der Waals surface area contributed by atoms with Gasteiger partial charge in [-0.1, -0.05) is 18.3 Å². The molecule has 0 aliphatic heterocycles. The Kier molecular flexibility index (Phi) is 3.88. The maximum Gasteiger partial charge on any atom is 0.350 e. The zero-order chi connectivity index (χ0) is 13.0. The van der Waals surface area contributed by atoms with E-state index in [1.807, 2.05) is 19.1 Å². The van der Waals surface area contributed by atoms with E-state index in [9.17, 15) is 4.79 Å². The number of pyridine rings is 1. The number of methoxy groups -OCH3 is 1. The summed E-state index contributed by atoms with van der Waals surface area (Å²) in [5, 5.41) is 3.78. The highest BCUT2D eigenvalue weighted by atomic mass is 32.1. The largest absolute Gasteiger partial charge is 0.465 e. The standard InChI is InChI=1S/C12H13N3O2S/c1-3-9-10(11(16)17-2)18-12(15-9)14-8-5-4-6-13-7-8/h4-7H,3H2,1-2H3,(H,14,15).